The fourth-order valence-corrected chi connectivity index (χ4v) is 1.88. The van der Waals surface area contributed by atoms with Crippen LogP contribution in [-0.4, -0.2) is 22.6 Å². The molecule has 2 heterocycles. The molecule has 2 rings (SSSR count). The molecular weight excluding hydrogens is 214 g/mol. The van der Waals surface area contributed by atoms with Crippen LogP contribution in [0.2, 0.25) is 0 Å². The molecule has 0 aromatic carbocycles. The molecule has 1 aromatic heterocycles. The molecule has 0 saturated carbocycles. The lowest BCUT2D eigenvalue weighted by atomic mass is 10.1. The Morgan fingerprint density at radius 1 is 1.18 bits per heavy atom. The fraction of sp³-hybridized carbons (Fsp3) is 0.692. The normalized spacial score (nSPS) is 14.7. The van der Waals surface area contributed by atoms with Crippen LogP contribution in [0.1, 0.15) is 51.6 Å². The third-order valence-corrected chi connectivity index (χ3v) is 2.70. The van der Waals surface area contributed by atoms with E-state index in [-0.39, 0.29) is 0 Å². The van der Waals surface area contributed by atoms with Crippen LogP contribution in [0.4, 0.5) is 5.82 Å². The standard InChI is InChI=1S/C13H21N3O/c1-8(2)12-15-10-6-5-7-17-11(10)13(16-12)14-9(3)4/h8-9H,5-7H2,1-4H3,(H,14,15,16). The van der Waals surface area contributed by atoms with Gasteiger partial charge in [0.25, 0.3) is 0 Å². The largest absolute Gasteiger partial charge is 0.488 e. The SMILES string of the molecule is CC(C)Nc1nc(C(C)C)nc2c1OCCC2. The van der Waals surface area contributed by atoms with Crippen molar-refractivity contribution in [2.24, 2.45) is 0 Å². The van der Waals surface area contributed by atoms with Crippen molar-refractivity contribution >= 4 is 5.82 Å². The second kappa shape index (κ2) is 4.90. The summed E-state index contributed by atoms with van der Waals surface area (Å²) in [5, 5.41) is 3.35. The summed E-state index contributed by atoms with van der Waals surface area (Å²) in [6, 6.07) is 0.347. The van der Waals surface area contributed by atoms with E-state index >= 15 is 0 Å². The van der Waals surface area contributed by atoms with Crippen LogP contribution in [0.25, 0.3) is 0 Å². The number of rotatable bonds is 3. The van der Waals surface area contributed by atoms with Crippen molar-refractivity contribution in [2.75, 3.05) is 11.9 Å². The lowest BCUT2D eigenvalue weighted by Gasteiger charge is -2.22. The minimum Gasteiger partial charge on any atom is -0.488 e. The van der Waals surface area contributed by atoms with Gasteiger partial charge < -0.3 is 10.1 Å². The Labute approximate surface area is 103 Å². The smallest absolute Gasteiger partial charge is 0.183 e. The Hall–Kier alpha value is -1.32. The summed E-state index contributed by atoms with van der Waals surface area (Å²) in [7, 11) is 0. The third-order valence-electron chi connectivity index (χ3n) is 2.70. The number of anilines is 1. The summed E-state index contributed by atoms with van der Waals surface area (Å²) in [4.78, 5) is 9.18. The highest BCUT2D eigenvalue weighted by Gasteiger charge is 2.20. The van der Waals surface area contributed by atoms with Crippen molar-refractivity contribution in [3.63, 3.8) is 0 Å². The molecule has 0 saturated heterocycles. The molecule has 0 aliphatic carbocycles. The van der Waals surface area contributed by atoms with Gasteiger partial charge in [0.1, 0.15) is 5.82 Å². The number of aryl methyl sites for hydroxylation is 1. The van der Waals surface area contributed by atoms with Gasteiger partial charge in [0.05, 0.1) is 12.3 Å². The van der Waals surface area contributed by atoms with E-state index in [9.17, 15) is 0 Å². The van der Waals surface area contributed by atoms with Gasteiger partial charge in [-0.15, -0.1) is 0 Å². The Morgan fingerprint density at radius 3 is 2.59 bits per heavy atom. The van der Waals surface area contributed by atoms with Gasteiger partial charge in [0.2, 0.25) is 0 Å². The average molecular weight is 235 g/mol. The van der Waals surface area contributed by atoms with E-state index in [1.54, 1.807) is 0 Å². The highest BCUT2D eigenvalue weighted by Crippen LogP contribution is 2.32. The minimum atomic E-state index is 0.343. The first-order chi connectivity index (χ1) is 8.08. The zero-order valence-electron chi connectivity index (χ0n) is 11.1. The minimum absolute atomic E-state index is 0.343. The quantitative estimate of drug-likeness (QED) is 0.875. The maximum atomic E-state index is 5.70. The molecule has 1 aliphatic rings. The maximum Gasteiger partial charge on any atom is 0.183 e. The molecule has 94 valence electrons. The molecule has 4 heteroatoms. The van der Waals surface area contributed by atoms with Gasteiger partial charge in [0, 0.05) is 12.0 Å². The Morgan fingerprint density at radius 2 is 1.94 bits per heavy atom. The van der Waals surface area contributed by atoms with E-state index < -0.39 is 0 Å². The number of nitrogens with one attached hydrogen (secondary N) is 1. The van der Waals surface area contributed by atoms with Crippen LogP contribution in [0, 0.1) is 0 Å². The van der Waals surface area contributed by atoms with Crippen LogP contribution in [-0.2, 0) is 6.42 Å². The molecule has 0 radical (unpaired) electrons. The summed E-state index contributed by atoms with van der Waals surface area (Å²) in [5.41, 5.74) is 1.05. The van der Waals surface area contributed by atoms with Crippen molar-refractivity contribution in [3.8, 4) is 5.75 Å². The van der Waals surface area contributed by atoms with E-state index in [1.165, 1.54) is 0 Å². The first kappa shape index (κ1) is 12.1. The molecule has 0 spiro atoms. The van der Waals surface area contributed by atoms with Gasteiger partial charge in [-0.05, 0) is 26.7 Å². The molecule has 0 bridgehead atoms. The van der Waals surface area contributed by atoms with Crippen LogP contribution in [0.5, 0.6) is 5.75 Å². The predicted octanol–water partition coefficient (Wildman–Crippen LogP) is 2.75. The van der Waals surface area contributed by atoms with Crippen LogP contribution >= 0.6 is 0 Å². The third kappa shape index (κ3) is 2.68. The number of fused-ring (bicyclic) bond motifs is 1. The summed E-state index contributed by atoms with van der Waals surface area (Å²) < 4.78 is 5.70. The van der Waals surface area contributed by atoms with Gasteiger partial charge in [-0.2, -0.15) is 0 Å². The summed E-state index contributed by atoms with van der Waals surface area (Å²) in [6.07, 6.45) is 2.03. The van der Waals surface area contributed by atoms with Crippen molar-refractivity contribution in [2.45, 2.75) is 52.5 Å². The first-order valence-corrected chi connectivity index (χ1v) is 6.38. The van der Waals surface area contributed by atoms with Gasteiger partial charge in [-0.1, -0.05) is 13.8 Å². The average Bonchev–Trinajstić information content (AvgIpc) is 2.28. The lowest BCUT2D eigenvalue weighted by molar-refractivity contribution is 0.284. The van der Waals surface area contributed by atoms with Gasteiger partial charge in [0.15, 0.2) is 11.6 Å². The Bertz CT molecular complexity index is 402. The molecule has 0 unspecified atom stereocenters. The molecule has 0 amide bonds. The van der Waals surface area contributed by atoms with Crippen molar-refractivity contribution in [3.05, 3.63) is 11.5 Å². The number of hydrogen-bond donors (Lipinski definition) is 1. The molecule has 1 aromatic rings. The van der Waals surface area contributed by atoms with E-state index in [0.717, 1.165) is 42.5 Å². The Balaban J connectivity index is 2.42. The summed E-state index contributed by atoms with van der Waals surface area (Å²) in [6.45, 7) is 9.21. The van der Waals surface area contributed by atoms with Crippen LogP contribution in [0.3, 0.4) is 0 Å². The zero-order valence-corrected chi connectivity index (χ0v) is 11.1. The number of nitrogens with zero attached hydrogens (tertiary/aromatic N) is 2. The van der Waals surface area contributed by atoms with E-state index in [2.05, 4.69) is 43.0 Å². The second-order valence-corrected chi connectivity index (χ2v) is 5.11. The van der Waals surface area contributed by atoms with E-state index in [1.807, 2.05) is 0 Å². The monoisotopic (exact) mass is 235 g/mol. The molecule has 0 atom stereocenters. The van der Waals surface area contributed by atoms with E-state index in [0.29, 0.717) is 12.0 Å². The van der Waals surface area contributed by atoms with Crippen LogP contribution < -0.4 is 10.1 Å². The maximum absolute atomic E-state index is 5.70. The summed E-state index contributed by atoms with van der Waals surface area (Å²) in [5.74, 6) is 2.95. The molecular formula is C13H21N3O. The summed E-state index contributed by atoms with van der Waals surface area (Å²) >= 11 is 0. The van der Waals surface area contributed by atoms with Gasteiger partial charge in [-0.25, -0.2) is 9.97 Å². The van der Waals surface area contributed by atoms with Gasteiger partial charge in [-0.3, -0.25) is 0 Å². The first-order valence-electron chi connectivity index (χ1n) is 6.38. The predicted molar refractivity (Wildman–Crippen MR) is 68.7 cm³/mol. The molecule has 1 N–H and O–H groups in total. The molecule has 17 heavy (non-hydrogen) atoms. The highest BCUT2D eigenvalue weighted by atomic mass is 16.5. The lowest BCUT2D eigenvalue weighted by Crippen LogP contribution is -2.19. The zero-order chi connectivity index (χ0) is 12.4. The molecule has 0 fully saturated rings. The van der Waals surface area contributed by atoms with Gasteiger partial charge >= 0.3 is 0 Å². The second-order valence-electron chi connectivity index (χ2n) is 5.11. The fourth-order valence-electron chi connectivity index (χ4n) is 1.88. The number of aromatic nitrogens is 2. The van der Waals surface area contributed by atoms with Crippen molar-refractivity contribution < 1.29 is 4.74 Å². The highest BCUT2D eigenvalue weighted by molar-refractivity contribution is 5.54. The van der Waals surface area contributed by atoms with Crippen molar-refractivity contribution in [1.82, 2.24) is 9.97 Å². The van der Waals surface area contributed by atoms with Crippen LogP contribution in [0.15, 0.2) is 0 Å². The topological polar surface area (TPSA) is 47.0 Å². The number of hydrogen-bond acceptors (Lipinski definition) is 4. The van der Waals surface area contributed by atoms with E-state index in [4.69, 9.17) is 4.74 Å². The Kier molecular flexibility index (Phi) is 3.50. The molecule has 1 aliphatic heterocycles. The molecule has 4 nitrogen and oxygen atoms in total. The van der Waals surface area contributed by atoms with Crippen molar-refractivity contribution in [1.29, 1.82) is 0 Å². The number of ether oxygens (including phenoxy) is 1.